The van der Waals surface area contributed by atoms with E-state index in [0.717, 1.165) is 6.07 Å². The number of ether oxygens (including phenoxy) is 1. The highest BCUT2D eigenvalue weighted by atomic mass is 19.3. The lowest BCUT2D eigenvalue weighted by molar-refractivity contribution is -0.189. The van der Waals surface area contributed by atoms with Crippen molar-refractivity contribution in [2.45, 2.75) is 6.11 Å². The minimum atomic E-state index is -4.55. The van der Waals surface area contributed by atoms with Gasteiger partial charge in [0.25, 0.3) is 0 Å². The zero-order valence-electron chi connectivity index (χ0n) is 9.94. The summed E-state index contributed by atoms with van der Waals surface area (Å²) in [5, 5.41) is 0. The fourth-order valence-electron chi connectivity index (χ4n) is 1.57. The summed E-state index contributed by atoms with van der Waals surface area (Å²) in [5.41, 5.74) is -1.73. The highest BCUT2D eigenvalue weighted by molar-refractivity contribution is 5.28. The van der Waals surface area contributed by atoms with E-state index in [-0.39, 0.29) is 12.1 Å². The van der Waals surface area contributed by atoms with Gasteiger partial charge in [-0.05, 0) is 12.1 Å². The molecule has 2 aromatic rings. The Kier molecular flexibility index (Phi) is 3.80. The Balaban J connectivity index is 2.42. The molecule has 0 atom stereocenters. The van der Waals surface area contributed by atoms with Crippen LogP contribution in [0.5, 0.6) is 5.75 Å². The van der Waals surface area contributed by atoms with E-state index in [4.69, 9.17) is 0 Å². The molecule has 0 aliphatic rings. The van der Waals surface area contributed by atoms with E-state index in [1.165, 1.54) is 0 Å². The molecule has 2 aromatic carbocycles. The smallest absolute Gasteiger partial charge is 0.429 e. The van der Waals surface area contributed by atoms with Crippen LogP contribution in [-0.4, -0.2) is 0 Å². The van der Waals surface area contributed by atoms with Crippen molar-refractivity contribution >= 4 is 0 Å². The molecule has 0 aliphatic heterocycles. The molecule has 0 aromatic heterocycles. The van der Waals surface area contributed by atoms with Crippen LogP contribution in [0.25, 0.3) is 0 Å². The van der Waals surface area contributed by atoms with Gasteiger partial charge in [-0.3, -0.25) is 0 Å². The number of benzene rings is 2. The van der Waals surface area contributed by atoms with E-state index < -0.39 is 46.5 Å². The first-order valence-corrected chi connectivity index (χ1v) is 5.38. The SMILES string of the molecule is Fc1cc(OC(F)(F)c2c(F)cccc2F)cc(F)c1F. The van der Waals surface area contributed by atoms with Crippen LogP contribution in [-0.2, 0) is 6.11 Å². The maximum atomic E-state index is 13.7. The Morgan fingerprint density at radius 3 is 1.71 bits per heavy atom. The zero-order valence-corrected chi connectivity index (χ0v) is 9.94. The van der Waals surface area contributed by atoms with Gasteiger partial charge in [-0.25, -0.2) is 22.0 Å². The Bertz CT molecular complexity index is 641. The molecule has 8 heteroatoms. The fraction of sp³-hybridized carbons (Fsp3) is 0.0769. The third-order valence-corrected chi connectivity index (χ3v) is 2.46. The van der Waals surface area contributed by atoms with Crippen molar-refractivity contribution in [3.63, 3.8) is 0 Å². The molecule has 1 nitrogen and oxygen atoms in total. The summed E-state index contributed by atoms with van der Waals surface area (Å²) in [6.45, 7) is 0. The lowest BCUT2D eigenvalue weighted by atomic mass is 10.2. The van der Waals surface area contributed by atoms with E-state index in [1.807, 2.05) is 0 Å². The molecule has 0 bridgehead atoms. The summed E-state index contributed by atoms with van der Waals surface area (Å²) in [7, 11) is 0. The Morgan fingerprint density at radius 1 is 0.762 bits per heavy atom. The molecule has 0 fully saturated rings. The number of rotatable bonds is 3. The van der Waals surface area contributed by atoms with Gasteiger partial charge >= 0.3 is 6.11 Å². The van der Waals surface area contributed by atoms with Crippen LogP contribution in [0.15, 0.2) is 30.3 Å². The van der Waals surface area contributed by atoms with Gasteiger partial charge in [0, 0.05) is 12.1 Å². The van der Waals surface area contributed by atoms with Crippen molar-refractivity contribution in [2.24, 2.45) is 0 Å². The summed E-state index contributed by atoms with van der Waals surface area (Å²) < 4.78 is 96.3. The predicted octanol–water partition coefficient (Wildman–Crippen LogP) is 4.51. The predicted molar refractivity (Wildman–Crippen MR) is 57.2 cm³/mol. The topological polar surface area (TPSA) is 9.23 Å². The molecule has 0 amide bonds. The van der Waals surface area contributed by atoms with Crippen LogP contribution >= 0.6 is 0 Å². The van der Waals surface area contributed by atoms with Crippen LogP contribution in [0.1, 0.15) is 5.56 Å². The number of alkyl halides is 2. The molecule has 112 valence electrons. The van der Waals surface area contributed by atoms with E-state index in [9.17, 15) is 30.7 Å². The second kappa shape index (κ2) is 5.27. The van der Waals surface area contributed by atoms with Gasteiger partial charge in [-0.2, -0.15) is 8.78 Å². The second-order valence-electron chi connectivity index (χ2n) is 3.92. The quantitative estimate of drug-likeness (QED) is 0.599. The van der Waals surface area contributed by atoms with E-state index in [0.29, 0.717) is 12.1 Å². The summed E-state index contributed by atoms with van der Waals surface area (Å²) >= 11 is 0. The van der Waals surface area contributed by atoms with E-state index in [1.54, 1.807) is 0 Å². The van der Waals surface area contributed by atoms with Crippen molar-refractivity contribution in [3.05, 3.63) is 65.0 Å². The summed E-state index contributed by atoms with van der Waals surface area (Å²) in [4.78, 5) is 0. The highest BCUT2D eigenvalue weighted by Gasteiger charge is 2.41. The van der Waals surface area contributed by atoms with Crippen molar-refractivity contribution in [3.8, 4) is 5.75 Å². The van der Waals surface area contributed by atoms with Crippen molar-refractivity contribution in [1.29, 1.82) is 0 Å². The first kappa shape index (κ1) is 15.1. The van der Waals surface area contributed by atoms with E-state index in [2.05, 4.69) is 4.74 Å². The number of hydrogen-bond donors (Lipinski definition) is 0. The molecule has 0 saturated heterocycles. The molecule has 0 heterocycles. The van der Waals surface area contributed by atoms with Gasteiger partial charge in [0.05, 0.1) is 0 Å². The largest absolute Gasteiger partial charge is 0.432 e. The molecule has 2 rings (SSSR count). The summed E-state index contributed by atoms with van der Waals surface area (Å²) in [6, 6.07) is 2.22. The Hall–Kier alpha value is -2.25. The van der Waals surface area contributed by atoms with Crippen LogP contribution < -0.4 is 4.74 Å². The normalized spacial score (nSPS) is 11.6. The van der Waals surface area contributed by atoms with Crippen molar-refractivity contribution in [2.75, 3.05) is 0 Å². The van der Waals surface area contributed by atoms with Gasteiger partial charge in [0.2, 0.25) is 0 Å². The molecule has 0 aliphatic carbocycles. The van der Waals surface area contributed by atoms with Gasteiger partial charge < -0.3 is 4.74 Å². The molecule has 0 radical (unpaired) electrons. The molecular weight excluding hydrogens is 305 g/mol. The molecule has 0 unspecified atom stereocenters. The lowest BCUT2D eigenvalue weighted by Gasteiger charge is -2.19. The summed E-state index contributed by atoms with van der Waals surface area (Å²) in [5.74, 6) is -9.79. The molecular formula is C13H5F7O. The maximum absolute atomic E-state index is 13.7. The highest BCUT2D eigenvalue weighted by Crippen LogP contribution is 2.35. The van der Waals surface area contributed by atoms with Crippen LogP contribution in [0.3, 0.4) is 0 Å². The molecule has 21 heavy (non-hydrogen) atoms. The first-order chi connectivity index (χ1) is 9.72. The zero-order chi connectivity index (χ0) is 15.8. The van der Waals surface area contributed by atoms with Gasteiger partial charge in [-0.15, -0.1) is 0 Å². The van der Waals surface area contributed by atoms with Gasteiger partial charge in [0.1, 0.15) is 22.9 Å². The average Bonchev–Trinajstić information content (AvgIpc) is 2.34. The third kappa shape index (κ3) is 2.93. The van der Waals surface area contributed by atoms with Gasteiger partial charge in [-0.1, -0.05) is 6.07 Å². The van der Waals surface area contributed by atoms with Crippen molar-refractivity contribution < 1.29 is 35.5 Å². The van der Waals surface area contributed by atoms with Gasteiger partial charge in [0.15, 0.2) is 17.5 Å². The summed E-state index contributed by atoms with van der Waals surface area (Å²) in [6.07, 6.45) is -4.55. The Morgan fingerprint density at radius 2 is 1.24 bits per heavy atom. The third-order valence-electron chi connectivity index (χ3n) is 2.46. The molecule has 0 spiro atoms. The standard InChI is InChI=1S/C13H5F7O/c14-7-2-1-3-8(15)11(7)13(19,20)21-6-4-9(16)12(18)10(17)5-6/h1-5H. The first-order valence-electron chi connectivity index (χ1n) is 5.38. The maximum Gasteiger partial charge on any atom is 0.432 e. The van der Waals surface area contributed by atoms with Crippen LogP contribution in [0.2, 0.25) is 0 Å². The van der Waals surface area contributed by atoms with Crippen LogP contribution in [0, 0.1) is 29.1 Å². The monoisotopic (exact) mass is 310 g/mol. The van der Waals surface area contributed by atoms with Crippen LogP contribution in [0.4, 0.5) is 30.7 Å². The lowest BCUT2D eigenvalue weighted by Crippen LogP contribution is -2.25. The molecule has 0 N–H and O–H groups in total. The minimum Gasteiger partial charge on any atom is -0.429 e. The Labute approximate surface area is 113 Å². The minimum absolute atomic E-state index is 0.130. The molecule has 0 saturated carbocycles. The van der Waals surface area contributed by atoms with Crippen molar-refractivity contribution in [1.82, 2.24) is 0 Å². The number of hydrogen-bond acceptors (Lipinski definition) is 1. The fourth-order valence-corrected chi connectivity index (χ4v) is 1.57. The number of halogens is 7. The van der Waals surface area contributed by atoms with E-state index >= 15 is 0 Å². The second-order valence-corrected chi connectivity index (χ2v) is 3.92. The average molecular weight is 310 g/mol.